The molecule has 1 N–H and O–H groups in total. The molecule has 4 aromatic rings. The molecule has 0 spiro atoms. The molecule has 1 aliphatic heterocycles. The molecule has 240 valence electrons. The van der Waals surface area contributed by atoms with E-state index in [1.165, 1.54) is 29.3 Å². The number of ether oxygens (including phenoxy) is 2. The zero-order valence-corrected chi connectivity index (χ0v) is 27.7. The molecule has 10 heteroatoms. The lowest BCUT2D eigenvalue weighted by molar-refractivity contribution is -0.125. The minimum atomic E-state index is -0.408. The van der Waals surface area contributed by atoms with Gasteiger partial charge in [0.2, 0.25) is 5.91 Å². The van der Waals surface area contributed by atoms with Gasteiger partial charge in [0, 0.05) is 65.8 Å². The minimum absolute atomic E-state index is 0.153. The predicted molar refractivity (Wildman–Crippen MR) is 186 cm³/mol. The normalized spacial score (nSPS) is 13.5. The van der Waals surface area contributed by atoms with Crippen LogP contribution in [0.15, 0.2) is 70.5 Å². The maximum atomic E-state index is 14.6. The maximum absolute atomic E-state index is 14.6. The minimum Gasteiger partial charge on any atom is -0.490 e. The van der Waals surface area contributed by atoms with Crippen molar-refractivity contribution in [3.8, 4) is 28.1 Å². The van der Waals surface area contributed by atoms with Crippen molar-refractivity contribution in [1.82, 2.24) is 15.2 Å². The van der Waals surface area contributed by atoms with Crippen LogP contribution in [0.3, 0.4) is 0 Å². The van der Waals surface area contributed by atoms with Crippen molar-refractivity contribution >= 4 is 38.9 Å². The maximum Gasteiger partial charge on any atom is 0.246 e. The van der Waals surface area contributed by atoms with Gasteiger partial charge in [-0.2, -0.15) is 0 Å². The van der Waals surface area contributed by atoms with Gasteiger partial charge in [-0.05, 0) is 73.2 Å². The molecule has 0 unspecified atom stereocenters. The van der Waals surface area contributed by atoms with Gasteiger partial charge in [-0.25, -0.2) is 14.4 Å². The van der Waals surface area contributed by atoms with E-state index in [1.807, 2.05) is 19.2 Å². The van der Waals surface area contributed by atoms with E-state index in [4.69, 9.17) is 19.5 Å². The SMILES string of the molecule is C=CC(=O)N(CCC)CC(C)=NC(=NC)c1nc(-c2ccc3c(c2)CCNC3)c2ccsc2c1-c1ccc(F)cc1OCCOC. The number of aliphatic imine (C=N–C) groups is 2. The number of methoxy groups -OCH3 is 1. The third-order valence-electron chi connectivity index (χ3n) is 7.85. The van der Waals surface area contributed by atoms with Crippen LogP contribution in [0.2, 0.25) is 0 Å². The summed E-state index contributed by atoms with van der Waals surface area (Å²) in [4.78, 5) is 29.1. The second kappa shape index (κ2) is 15.4. The second-order valence-corrected chi connectivity index (χ2v) is 12.0. The largest absolute Gasteiger partial charge is 0.490 e. The summed E-state index contributed by atoms with van der Waals surface area (Å²) < 4.78 is 26.8. The fourth-order valence-corrected chi connectivity index (χ4v) is 6.66. The van der Waals surface area contributed by atoms with Crippen LogP contribution in [0.1, 0.15) is 37.1 Å². The Morgan fingerprint density at radius 2 is 2.04 bits per heavy atom. The third kappa shape index (κ3) is 7.25. The van der Waals surface area contributed by atoms with E-state index < -0.39 is 5.82 Å². The lowest BCUT2D eigenvalue weighted by Gasteiger charge is -2.21. The summed E-state index contributed by atoms with van der Waals surface area (Å²) in [6, 6.07) is 13.1. The average Bonchev–Trinajstić information content (AvgIpc) is 3.56. The molecule has 1 aliphatic rings. The van der Waals surface area contributed by atoms with Crippen LogP contribution >= 0.6 is 11.3 Å². The van der Waals surface area contributed by atoms with Crippen LogP contribution in [0, 0.1) is 5.82 Å². The predicted octanol–water partition coefficient (Wildman–Crippen LogP) is 6.70. The molecule has 0 aliphatic carbocycles. The van der Waals surface area contributed by atoms with Crippen LogP contribution in [-0.2, 0) is 22.5 Å². The van der Waals surface area contributed by atoms with Gasteiger partial charge in [0.15, 0.2) is 5.84 Å². The van der Waals surface area contributed by atoms with Crippen molar-refractivity contribution < 1.29 is 18.7 Å². The number of hydrogen-bond acceptors (Lipinski definition) is 7. The average molecular weight is 642 g/mol. The number of fused-ring (bicyclic) bond motifs is 2. The number of carbonyl (C=O) groups is 1. The summed E-state index contributed by atoms with van der Waals surface area (Å²) in [6.45, 7) is 10.8. The van der Waals surface area contributed by atoms with Gasteiger partial charge >= 0.3 is 0 Å². The number of benzene rings is 2. The summed E-state index contributed by atoms with van der Waals surface area (Å²) in [7, 11) is 3.28. The van der Waals surface area contributed by atoms with Gasteiger partial charge in [-0.15, -0.1) is 11.3 Å². The number of amidine groups is 1. The number of rotatable bonds is 12. The summed E-state index contributed by atoms with van der Waals surface area (Å²) in [5.41, 5.74) is 7.11. The van der Waals surface area contributed by atoms with Gasteiger partial charge in [0.25, 0.3) is 0 Å². The molecule has 0 radical (unpaired) electrons. The van der Waals surface area contributed by atoms with Crippen LogP contribution < -0.4 is 10.1 Å². The highest BCUT2D eigenvalue weighted by molar-refractivity contribution is 7.18. The number of amides is 1. The molecular formula is C36H40FN5O3S. The van der Waals surface area contributed by atoms with Crippen molar-refractivity contribution in [1.29, 1.82) is 0 Å². The monoisotopic (exact) mass is 641 g/mol. The molecule has 5 rings (SSSR count). The number of pyridine rings is 1. The Labute approximate surface area is 273 Å². The summed E-state index contributed by atoms with van der Waals surface area (Å²) in [5.74, 6) is 0.222. The topological polar surface area (TPSA) is 88.4 Å². The quantitative estimate of drug-likeness (QED) is 0.0805. The van der Waals surface area contributed by atoms with Gasteiger partial charge in [0.1, 0.15) is 23.9 Å². The molecule has 8 nitrogen and oxygen atoms in total. The highest BCUT2D eigenvalue weighted by Gasteiger charge is 2.25. The number of halogens is 1. The fourth-order valence-electron chi connectivity index (χ4n) is 5.71. The standard InChI is InChI=1S/C36H40FN5O3S/c1-6-15-42(31(43)7-2)22-23(3)40-36(38-4)34-32(28-11-10-27(37)20-30(28)45-17-16-44-5)35-29(13-18-46-35)33(41-34)25-8-9-26-21-39-14-12-24(26)19-25/h7-11,13,18-20,39H,2,6,12,14-17,21-22H2,1,3-5H3. The van der Waals surface area contributed by atoms with Crippen LogP contribution in [0.4, 0.5) is 4.39 Å². The summed E-state index contributed by atoms with van der Waals surface area (Å²) in [6.07, 6.45) is 3.07. The van der Waals surface area contributed by atoms with E-state index in [2.05, 4.69) is 41.2 Å². The number of thiophene rings is 1. The Bertz CT molecular complexity index is 1800. The van der Waals surface area contributed by atoms with Gasteiger partial charge < -0.3 is 19.7 Å². The highest BCUT2D eigenvalue weighted by atomic mass is 32.1. The van der Waals surface area contributed by atoms with E-state index in [0.717, 1.165) is 52.8 Å². The molecule has 2 aromatic carbocycles. The first-order valence-corrected chi connectivity index (χ1v) is 16.3. The zero-order chi connectivity index (χ0) is 32.6. The van der Waals surface area contributed by atoms with E-state index in [9.17, 15) is 9.18 Å². The Morgan fingerprint density at radius 1 is 1.20 bits per heavy atom. The van der Waals surface area contributed by atoms with Crippen molar-refractivity contribution in [2.24, 2.45) is 9.98 Å². The Hall–Kier alpha value is -4.25. The molecule has 1 amide bonds. The molecule has 0 saturated carbocycles. The molecule has 0 atom stereocenters. The molecule has 3 heterocycles. The number of nitrogens with zero attached hydrogens (tertiary/aromatic N) is 4. The van der Waals surface area contributed by atoms with Gasteiger partial charge in [-0.1, -0.05) is 25.6 Å². The van der Waals surface area contributed by atoms with Crippen LogP contribution in [0.5, 0.6) is 5.75 Å². The van der Waals surface area contributed by atoms with Gasteiger partial charge in [-0.3, -0.25) is 9.79 Å². The Morgan fingerprint density at radius 3 is 2.80 bits per heavy atom. The number of hydrogen-bond donors (Lipinski definition) is 1. The lowest BCUT2D eigenvalue weighted by Crippen LogP contribution is -2.34. The van der Waals surface area contributed by atoms with E-state index in [0.29, 0.717) is 48.3 Å². The van der Waals surface area contributed by atoms with E-state index >= 15 is 0 Å². The lowest BCUT2D eigenvalue weighted by atomic mass is 9.94. The third-order valence-corrected chi connectivity index (χ3v) is 8.78. The van der Waals surface area contributed by atoms with Crippen molar-refractivity contribution in [2.75, 3.05) is 47.0 Å². The fraction of sp³-hybridized carbons (Fsp3) is 0.333. The van der Waals surface area contributed by atoms with Crippen LogP contribution in [0.25, 0.3) is 32.5 Å². The first-order valence-electron chi connectivity index (χ1n) is 15.5. The van der Waals surface area contributed by atoms with Gasteiger partial charge in [0.05, 0.1) is 18.8 Å². The summed E-state index contributed by atoms with van der Waals surface area (Å²) in [5, 5.41) is 6.46. The molecule has 46 heavy (non-hydrogen) atoms. The number of nitrogens with one attached hydrogen (secondary N) is 1. The van der Waals surface area contributed by atoms with E-state index in [1.54, 1.807) is 36.5 Å². The number of carbonyl (C=O) groups excluding carboxylic acids is 1. The van der Waals surface area contributed by atoms with Crippen molar-refractivity contribution in [3.05, 3.63) is 83.1 Å². The highest BCUT2D eigenvalue weighted by Crippen LogP contribution is 2.43. The molecule has 0 fully saturated rings. The Kier molecular flexibility index (Phi) is 11.1. The first kappa shape index (κ1) is 33.1. The zero-order valence-electron chi connectivity index (χ0n) is 26.9. The molecule has 0 bridgehead atoms. The molecule has 2 aromatic heterocycles. The summed E-state index contributed by atoms with van der Waals surface area (Å²) >= 11 is 1.58. The van der Waals surface area contributed by atoms with Crippen molar-refractivity contribution in [2.45, 2.75) is 33.2 Å². The molecule has 0 saturated heterocycles. The van der Waals surface area contributed by atoms with Crippen LogP contribution in [-0.4, -0.2) is 74.3 Å². The Balaban J connectivity index is 1.73. The number of aromatic nitrogens is 1. The first-order chi connectivity index (χ1) is 22.4. The van der Waals surface area contributed by atoms with E-state index in [-0.39, 0.29) is 12.5 Å². The second-order valence-electron chi connectivity index (χ2n) is 11.1. The molecular weight excluding hydrogens is 601 g/mol. The smallest absolute Gasteiger partial charge is 0.246 e. The van der Waals surface area contributed by atoms with Crippen molar-refractivity contribution in [3.63, 3.8) is 0 Å².